The highest BCUT2D eigenvalue weighted by molar-refractivity contribution is 6.36. The number of imide groups is 1. The molecule has 1 N–H and O–H groups in total. The van der Waals surface area contributed by atoms with Crippen LogP contribution in [0.25, 0.3) is 5.57 Å². The van der Waals surface area contributed by atoms with E-state index in [2.05, 4.69) is 5.32 Å². The summed E-state index contributed by atoms with van der Waals surface area (Å²) in [6.45, 7) is 0. The smallest absolute Gasteiger partial charge is 0.277 e. The van der Waals surface area contributed by atoms with E-state index in [9.17, 15) is 9.59 Å². The lowest BCUT2D eigenvalue weighted by atomic mass is 10.0. The zero-order valence-corrected chi connectivity index (χ0v) is 14.2. The first-order valence-electron chi connectivity index (χ1n) is 7.68. The van der Waals surface area contributed by atoms with E-state index in [1.165, 1.54) is 14.2 Å². The molecule has 2 aromatic rings. The van der Waals surface area contributed by atoms with Crippen molar-refractivity contribution >= 4 is 23.1 Å². The van der Waals surface area contributed by atoms with E-state index in [1.807, 2.05) is 12.1 Å². The number of nitrogens with one attached hydrogen (secondary N) is 1. The molecule has 0 aromatic heterocycles. The van der Waals surface area contributed by atoms with Crippen molar-refractivity contribution in [3.63, 3.8) is 0 Å². The van der Waals surface area contributed by atoms with Gasteiger partial charge in [-0.2, -0.15) is 0 Å². The van der Waals surface area contributed by atoms with E-state index < -0.39 is 5.91 Å². The first-order chi connectivity index (χ1) is 12.1. The lowest BCUT2D eigenvalue weighted by Crippen LogP contribution is -2.28. The summed E-state index contributed by atoms with van der Waals surface area (Å²) < 4.78 is 10.7. The summed E-state index contributed by atoms with van der Waals surface area (Å²) >= 11 is 0. The summed E-state index contributed by atoms with van der Waals surface area (Å²) in [6.07, 6.45) is 0. The Morgan fingerprint density at radius 3 is 2.12 bits per heavy atom. The maximum atomic E-state index is 12.7. The fourth-order valence-electron chi connectivity index (χ4n) is 2.74. The zero-order valence-electron chi connectivity index (χ0n) is 14.2. The maximum Gasteiger partial charge on any atom is 0.277 e. The van der Waals surface area contributed by atoms with Crippen molar-refractivity contribution in [2.24, 2.45) is 0 Å². The lowest BCUT2D eigenvalue weighted by Gasteiger charge is -2.13. The normalized spacial score (nSPS) is 14.1. The van der Waals surface area contributed by atoms with Gasteiger partial charge in [0.25, 0.3) is 11.8 Å². The number of hydrogen-bond acceptors (Lipinski definition) is 5. The number of carbonyl (C=O) groups is 2. The van der Waals surface area contributed by atoms with Crippen molar-refractivity contribution in [3.05, 3.63) is 59.8 Å². The van der Waals surface area contributed by atoms with Crippen LogP contribution in [-0.2, 0) is 9.59 Å². The van der Waals surface area contributed by atoms with E-state index >= 15 is 0 Å². The van der Waals surface area contributed by atoms with Crippen LogP contribution < -0.4 is 14.8 Å². The number of likely N-dealkylation sites (N-methyl/N-ethyl adjacent to an activating group) is 1. The van der Waals surface area contributed by atoms with Gasteiger partial charge in [-0.1, -0.05) is 30.3 Å². The fourth-order valence-corrected chi connectivity index (χ4v) is 2.74. The Bertz CT molecular complexity index is 873. The van der Waals surface area contributed by atoms with Crippen LogP contribution in [0, 0.1) is 0 Å². The summed E-state index contributed by atoms with van der Waals surface area (Å²) in [5.74, 6) is 0.307. The van der Waals surface area contributed by atoms with E-state index in [0.29, 0.717) is 22.7 Å². The molecule has 0 bridgehead atoms. The van der Waals surface area contributed by atoms with Crippen molar-refractivity contribution in [1.82, 2.24) is 4.90 Å². The van der Waals surface area contributed by atoms with Crippen molar-refractivity contribution in [3.8, 4) is 11.5 Å². The number of ether oxygens (including phenoxy) is 2. The Balaban J connectivity index is 2.16. The molecule has 1 heterocycles. The van der Waals surface area contributed by atoms with Gasteiger partial charge < -0.3 is 14.8 Å². The molecule has 0 saturated carbocycles. The van der Waals surface area contributed by atoms with Gasteiger partial charge in [0, 0.05) is 12.6 Å². The molecule has 25 heavy (non-hydrogen) atoms. The molecule has 3 rings (SSSR count). The van der Waals surface area contributed by atoms with Crippen molar-refractivity contribution in [1.29, 1.82) is 0 Å². The lowest BCUT2D eigenvalue weighted by molar-refractivity contribution is -0.135. The second-order valence-electron chi connectivity index (χ2n) is 5.44. The van der Waals surface area contributed by atoms with E-state index in [0.717, 1.165) is 4.90 Å². The van der Waals surface area contributed by atoms with Gasteiger partial charge in [0.15, 0.2) is 0 Å². The average molecular weight is 338 g/mol. The monoisotopic (exact) mass is 338 g/mol. The van der Waals surface area contributed by atoms with Crippen molar-refractivity contribution in [2.45, 2.75) is 0 Å². The SMILES string of the molecule is COc1ccccc1NC1=C(c2ccccc2OC)C(=O)N(C)C1=O. The van der Waals surface area contributed by atoms with Gasteiger partial charge in [-0.25, -0.2) is 0 Å². The highest BCUT2D eigenvalue weighted by Gasteiger charge is 2.38. The predicted octanol–water partition coefficient (Wildman–Crippen LogP) is 2.53. The van der Waals surface area contributed by atoms with Crippen LogP contribution in [0.4, 0.5) is 5.69 Å². The van der Waals surface area contributed by atoms with Crippen LogP contribution >= 0.6 is 0 Å². The molecule has 0 fully saturated rings. The number of hydrogen-bond donors (Lipinski definition) is 1. The maximum absolute atomic E-state index is 12.7. The Kier molecular flexibility index (Phi) is 4.43. The topological polar surface area (TPSA) is 67.9 Å². The van der Waals surface area contributed by atoms with Crippen LogP contribution in [0.1, 0.15) is 5.56 Å². The summed E-state index contributed by atoms with van der Waals surface area (Å²) in [7, 11) is 4.53. The highest BCUT2D eigenvalue weighted by atomic mass is 16.5. The van der Waals surface area contributed by atoms with Crippen LogP contribution in [-0.4, -0.2) is 38.0 Å². The average Bonchev–Trinajstić information content (AvgIpc) is 2.86. The van der Waals surface area contributed by atoms with E-state index in [1.54, 1.807) is 43.5 Å². The summed E-state index contributed by atoms with van der Waals surface area (Å²) in [4.78, 5) is 26.3. The third kappa shape index (κ3) is 2.82. The molecular formula is C19H18N2O4. The van der Waals surface area contributed by atoms with Crippen LogP contribution in [0.15, 0.2) is 54.2 Å². The van der Waals surface area contributed by atoms with Crippen molar-refractivity contribution < 1.29 is 19.1 Å². The van der Waals surface area contributed by atoms with Gasteiger partial charge >= 0.3 is 0 Å². The minimum atomic E-state index is -0.406. The second kappa shape index (κ2) is 6.68. The minimum absolute atomic E-state index is 0.196. The summed E-state index contributed by atoms with van der Waals surface area (Å²) in [5, 5.41) is 3.06. The molecule has 0 unspecified atom stereocenters. The molecule has 1 aliphatic rings. The van der Waals surface area contributed by atoms with Gasteiger partial charge in [-0.3, -0.25) is 14.5 Å². The molecule has 6 heteroatoms. The molecule has 128 valence electrons. The van der Waals surface area contributed by atoms with Crippen LogP contribution in [0.5, 0.6) is 11.5 Å². The first-order valence-corrected chi connectivity index (χ1v) is 7.68. The van der Waals surface area contributed by atoms with Gasteiger partial charge in [0.05, 0.1) is 25.5 Å². The Morgan fingerprint density at radius 2 is 1.44 bits per heavy atom. The summed E-state index contributed by atoms with van der Waals surface area (Å²) in [5.41, 5.74) is 1.63. The number of amides is 2. The Hall–Kier alpha value is -3.28. The first kappa shape index (κ1) is 16.6. The van der Waals surface area contributed by atoms with E-state index in [-0.39, 0.29) is 17.2 Å². The number of anilines is 1. The number of methoxy groups -OCH3 is 2. The number of para-hydroxylation sites is 3. The molecule has 0 spiro atoms. The standard InChI is InChI=1S/C19H18N2O4/c1-21-18(22)16(12-8-4-6-10-14(12)24-2)17(19(21)23)20-13-9-5-7-11-15(13)25-3/h4-11,20H,1-3H3. The number of rotatable bonds is 5. The largest absolute Gasteiger partial charge is 0.496 e. The third-order valence-corrected chi connectivity index (χ3v) is 4.03. The molecule has 2 aromatic carbocycles. The van der Waals surface area contributed by atoms with Gasteiger partial charge in [-0.05, 0) is 18.2 Å². The molecule has 0 saturated heterocycles. The zero-order chi connectivity index (χ0) is 18.0. The number of nitrogens with zero attached hydrogens (tertiary/aromatic N) is 1. The third-order valence-electron chi connectivity index (χ3n) is 4.03. The quantitative estimate of drug-likeness (QED) is 0.849. The van der Waals surface area contributed by atoms with Crippen LogP contribution in [0.3, 0.4) is 0 Å². The fraction of sp³-hybridized carbons (Fsp3) is 0.158. The molecule has 6 nitrogen and oxygen atoms in total. The number of carbonyl (C=O) groups excluding carboxylic acids is 2. The van der Waals surface area contributed by atoms with Crippen molar-refractivity contribution in [2.75, 3.05) is 26.6 Å². The predicted molar refractivity (Wildman–Crippen MR) is 94.3 cm³/mol. The van der Waals surface area contributed by atoms with Gasteiger partial charge in [0.2, 0.25) is 0 Å². The molecule has 0 radical (unpaired) electrons. The molecule has 1 aliphatic heterocycles. The molecule has 2 amide bonds. The Morgan fingerprint density at radius 1 is 0.840 bits per heavy atom. The number of benzene rings is 2. The van der Waals surface area contributed by atoms with E-state index in [4.69, 9.17) is 9.47 Å². The molecule has 0 atom stereocenters. The molecule has 0 aliphatic carbocycles. The van der Waals surface area contributed by atoms with Gasteiger partial charge in [-0.15, -0.1) is 0 Å². The van der Waals surface area contributed by atoms with Crippen LogP contribution in [0.2, 0.25) is 0 Å². The highest BCUT2D eigenvalue weighted by Crippen LogP contribution is 2.35. The minimum Gasteiger partial charge on any atom is -0.496 e. The second-order valence-corrected chi connectivity index (χ2v) is 5.44. The molecular weight excluding hydrogens is 320 g/mol. The summed E-state index contributed by atoms with van der Waals surface area (Å²) in [6, 6.07) is 14.3. The Labute approximate surface area is 145 Å². The van der Waals surface area contributed by atoms with Gasteiger partial charge in [0.1, 0.15) is 17.2 Å².